The lowest BCUT2D eigenvalue weighted by atomic mass is 10.2. The third-order valence-electron chi connectivity index (χ3n) is 2.60. The van der Waals surface area contributed by atoms with E-state index in [9.17, 15) is 4.39 Å². The molecule has 1 heterocycles. The zero-order valence-electron chi connectivity index (χ0n) is 10.6. The Morgan fingerprint density at radius 2 is 2.11 bits per heavy atom. The molecular formula is C14H17FN2S. The molecule has 0 saturated carbocycles. The number of halogens is 1. The Bertz CT molecular complexity index is 508. The van der Waals surface area contributed by atoms with E-state index < -0.39 is 0 Å². The number of nitrogens with one attached hydrogen (secondary N) is 1. The summed E-state index contributed by atoms with van der Waals surface area (Å²) in [5, 5.41) is 6.62. The minimum atomic E-state index is -0.128. The van der Waals surface area contributed by atoms with Crippen molar-refractivity contribution in [3.63, 3.8) is 0 Å². The lowest BCUT2D eigenvalue weighted by Crippen LogP contribution is -2.10. The molecule has 0 aliphatic rings. The summed E-state index contributed by atoms with van der Waals surface area (Å²) in [6.07, 6.45) is 0. The van der Waals surface area contributed by atoms with Gasteiger partial charge in [0.05, 0.1) is 0 Å². The number of benzene rings is 1. The number of nitrogens with zero attached hydrogens (tertiary/aromatic N) is 1. The summed E-state index contributed by atoms with van der Waals surface area (Å²) in [5.74, 6) is -0.128. The fourth-order valence-electron chi connectivity index (χ4n) is 1.78. The standard InChI is InChI=1S/C14H17FN2S/c1-17(2)8-11-4-3-5-13(6-11)16-7-12-9-18-10-14(12)15/h3-6,9-10,16H,7-8H2,1-2H3. The third kappa shape index (κ3) is 3.55. The van der Waals surface area contributed by atoms with Crippen LogP contribution in [0.2, 0.25) is 0 Å². The van der Waals surface area contributed by atoms with E-state index in [0.29, 0.717) is 6.54 Å². The summed E-state index contributed by atoms with van der Waals surface area (Å²) in [5.41, 5.74) is 2.99. The molecule has 1 aromatic heterocycles. The first-order valence-corrected chi connectivity index (χ1v) is 6.77. The first-order valence-electron chi connectivity index (χ1n) is 5.83. The summed E-state index contributed by atoms with van der Waals surface area (Å²) in [7, 11) is 4.08. The van der Waals surface area contributed by atoms with Gasteiger partial charge in [-0.05, 0) is 37.2 Å². The maximum atomic E-state index is 13.3. The van der Waals surface area contributed by atoms with Crippen molar-refractivity contribution in [2.45, 2.75) is 13.1 Å². The molecule has 2 nitrogen and oxygen atoms in total. The molecule has 0 saturated heterocycles. The van der Waals surface area contributed by atoms with Gasteiger partial charge in [0.25, 0.3) is 0 Å². The fraction of sp³-hybridized carbons (Fsp3) is 0.286. The molecule has 0 bridgehead atoms. The monoisotopic (exact) mass is 264 g/mol. The molecule has 0 spiro atoms. The number of thiophene rings is 1. The van der Waals surface area contributed by atoms with Gasteiger partial charge in [-0.25, -0.2) is 4.39 Å². The Kier molecular flexibility index (Phi) is 4.33. The van der Waals surface area contributed by atoms with E-state index >= 15 is 0 Å². The number of anilines is 1. The molecule has 18 heavy (non-hydrogen) atoms. The molecule has 4 heteroatoms. The smallest absolute Gasteiger partial charge is 0.138 e. The van der Waals surface area contributed by atoms with Gasteiger partial charge in [0.1, 0.15) is 5.82 Å². The minimum absolute atomic E-state index is 0.128. The molecule has 0 amide bonds. The summed E-state index contributed by atoms with van der Waals surface area (Å²) < 4.78 is 13.3. The SMILES string of the molecule is CN(C)Cc1cccc(NCc2cscc2F)c1. The highest BCUT2D eigenvalue weighted by Crippen LogP contribution is 2.16. The van der Waals surface area contributed by atoms with Crippen LogP contribution in [0, 0.1) is 5.82 Å². The van der Waals surface area contributed by atoms with Gasteiger partial charge in [0.15, 0.2) is 0 Å². The maximum Gasteiger partial charge on any atom is 0.138 e. The van der Waals surface area contributed by atoms with Crippen molar-refractivity contribution in [3.8, 4) is 0 Å². The summed E-state index contributed by atoms with van der Waals surface area (Å²) >= 11 is 1.39. The number of hydrogen-bond donors (Lipinski definition) is 1. The molecule has 2 rings (SSSR count). The van der Waals surface area contributed by atoms with Crippen LogP contribution in [-0.2, 0) is 13.1 Å². The van der Waals surface area contributed by atoms with Crippen LogP contribution >= 0.6 is 11.3 Å². The fourth-order valence-corrected chi connectivity index (χ4v) is 2.48. The van der Waals surface area contributed by atoms with Crippen LogP contribution in [0.3, 0.4) is 0 Å². The molecule has 2 aromatic rings. The molecule has 0 unspecified atom stereocenters. The van der Waals surface area contributed by atoms with Gasteiger partial charge >= 0.3 is 0 Å². The molecule has 0 fully saturated rings. The van der Waals surface area contributed by atoms with Gasteiger partial charge in [-0.3, -0.25) is 0 Å². The molecular weight excluding hydrogens is 247 g/mol. The van der Waals surface area contributed by atoms with Crippen molar-refractivity contribution in [1.29, 1.82) is 0 Å². The Morgan fingerprint density at radius 3 is 2.78 bits per heavy atom. The zero-order chi connectivity index (χ0) is 13.0. The molecule has 0 aliphatic carbocycles. The normalized spacial score (nSPS) is 10.9. The van der Waals surface area contributed by atoms with Gasteiger partial charge in [0.2, 0.25) is 0 Å². The van der Waals surface area contributed by atoms with Gasteiger partial charge in [-0.1, -0.05) is 12.1 Å². The largest absolute Gasteiger partial charge is 0.381 e. The van der Waals surface area contributed by atoms with Gasteiger partial charge in [0, 0.05) is 29.7 Å². The van der Waals surface area contributed by atoms with Crippen LogP contribution < -0.4 is 5.32 Å². The number of rotatable bonds is 5. The average Bonchev–Trinajstić information content (AvgIpc) is 2.72. The Labute approximate surface area is 111 Å². The molecule has 0 radical (unpaired) electrons. The maximum absolute atomic E-state index is 13.3. The van der Waals surface area contributed by atoms with E-state index in [2.05, 4.69) is 22.3 Å². The van der Waals surface area contributed by atoms with E-state index in [-0.39, 0.29) is 5.82 Å². The van der Waals surface area contributed by atoms with E-state index in [4.69, 9.17) is 0 Å². The van der Waals surface area contributed by atoms with Crippen molar-refractivity contribution in [2.24, 2.45) is 0 Å². The van der Waals surface area contributed by atoms with Crippen molar-refractivity contribution in [3.05, 3.63) is 52.0 Å². The predicted molar refractivity (Wildman–Crippen MR) is 75.4 cm³/mol. The Morgan fingerprint density at radius 1 is 1.28 bits per heavy atom. The van der Waals surface area contributed by atoms with Crippen LogP contribution in [0.4, 0.5) is 10.1 Å². The molecule has 0 aliphatic heterocycles. The van der Waals surface area contributed by atoms with E-state index in [0.717, 1.165) is 17.8 Å². The van der Waals surface area contributed by atoms with Crippen LogP contribution in [0.1, 0.15) is 11.1 Å². The molecule has 96 valence electrons. The highest BCUT2D eigenvalue weighted by atomic mass is 32.1. The lowest BCUT2D eigenvalue weighted by Gasteiger charge is -2.11. The first-order chi connectivity index (χ1) is 8.65. The van der Waals surface area contributed by atoms with E-state index in [1.165, 1.54) is 22.3 Å². The highest BCUT2D eigenvalue weighted by Gasteiger charge is 2.03. The number of hydrogen-bond acceptors (Lipinski definition) is 3. The topological polar surface area (TPSA) is 15.3 Å². The third-order valence-corrected chi connectivity index (χ3v) is 3.36. The molecule has 1 N–H and O–H groups in total. The second-order valence-electron chi connectivity index (χ2n) is 4.54. The molecule has 0 atom stereocenters. The van der Waals surface area contributed by atoms with Crippen molar-refractivity contribution >= 4 is 17.0 Å². The lowest BCUT2D eigenvalue weighted by molar-refractivity contribution is 0.402. The quantitative estimate of drug-likeness (QED) is 0.888. The highest BCUT2D eigenvalue weighted by molar-refractivity contribution is 7.08. The van der Waals surface area contributed by atoms with Crippen LogP contribution in [-0.4, -0.2) is 19.0 Å². The summed E-state index contributed by atoms with van der Waals surface area (Å²) in [4.78, 5) is 2.12. The van der Waals surface area contributed by atoms with E-state index in [1.54, 1.807) is 0 Å². The predicted octanol–water partition coefficient (Wildman–Crippen LogP) is 3.56. The summed E-state index contributed by atoms with van der Waals surface area (Å²) in [6.45, 7) is 1.43. The van der Waals surface area contributed by atoms with Crippen molar-refractivity contribution in [2.75, 3.05) is 19.4 Å². The average molecular weight is 264 g/mol. The van der Waals surface area contributed by atoms with Gasteiger partial charge in [-0.2, -0.15) is 0 Å². The van der Waals surface area contributed by atoms with Gasteiger partial charge in [-0.15, -0.1) is 11.3 Å². The second kappa shape index (κ2) is 5.98. The molecule has 1 aromatic carbocycles. The summed E-state index contributed by atoms with van der Waals surface area (Å²) in [6, 6.07) is 8.22. The van der Waals surface area contributed by atoms with Gasteiger partial charge < -0.3 is 10.2 Å². The Balaban J connectivity index is 1.99. The van der Waals surface area contributed by atoms with Crippen LogP contribution in [0.25, 0.3) is 0 Å². The first kappa shape index (κ1) is 13.1. The Hall–Kier alpha value is -1.39. The van der Waals surface area contributed by atoms with Crippen molar-refractivity contribution in [1.82, 2.24) is 4.90 Å². The minimum Gasteiger partial charge on any atom is -0.381 e. The second-order valence-corrected chi connectivity index (χ2v) is 5.28. The zero-order valence-corrected chi connectivity index (χ0v) is 11.4. The van der Waals surface area contributed by atoms with Crippen LogP contribution in [0.5, 0.6) is 0 Å². The van der Waals surface area contributed by atoms with Crippen LogP contribution in [0.15, 0.2) is 35.0 Å². The van der Waals surface area contributed by atoms with Crippen molar-refractivity contribution < 1.29 is 4.39 Å². The van der Waals surface area contributed by atoms with E-state index in [1.807, 2.05) is 31.6 Å².